The minimum absolute atomic E-state index is 0. The first-order valence-electron chi connectivity index (χ1n) is 9.37. The molecule has 1 fully saturated rings. The Labute approximate surface area is 179 Å². The van der Waals surface area contributed by atoms with E-state index in [0.29, 0.717) is 12.1 Å². The van der Waals surface area contributed by atoms with Crippen LogP contribution in [0.3, 0.4) is 0 Å². The van der Waals surface area contributed by atoms with Gasteiger partial charge in [0, 0.05) is 30.0 Å². The van der Waals surface area contributed by atoms with Crippen LogP contribution in [0, 0.1) is 0 Å². The Morgan fingerprint density at radius 1 is 1.07 bits per heavy atom. The zero-order chi connectivity index (χ0) is 20.1. The van der Waals surface area contributed by atoms with Crippen LogP contribution in [0.25, 0.3) is 0 Å². The number of nitrogens with one attached hydrogen (secondary N) is 1. The fourth-order valence-corrected chi connectivity index (χ4v) is 5.36. The summed E-state index contributed by atoms with van der Waals surface area (Å²) >= 11 is 1.18. The average molecular weight is 436 g/mol. The standard InChI is InChI=1S/C20H21N3O4S.ClH/c1-3-22(4-2)9-10-23-18(26)20(21-19(23)27)11-28-17-14(20)15(24)12-7-5-6-8-13(12)16(17)25;/h5-8H,3-4,9-11H2,1-2H3,(H,21,27);1H. The molecule has 9 heteroatoms. The summed E-state index contributed by atoms with van der Waals surface area (Å²) in [6.07, 6.45) is 0. The van der Waals surface area contributed by atoms with Gasteiger partial charge in [0.25, 0.3) is 5.91 Å². The predicted molar refractivity (Wildman–Crippen MR) is 113 cm³/mol. The maximum atomic E-state index is 13.3. The molecule has 0 radical (unpaired) electrons. The normalized spacial score (nSPS) is 22.9. The first kappa shape index (κ1) is 21.5. The van der Waals surface area contributed by atoms with Crippen molar-refractivity contribution >= 4 is 47.7 Å². The zero-order valence-corrected chi connectivity index (χ0v) is 17.8. The van der Waals surface area contributed by atoms with E-state index in [9.17, 15) is 19.2 Å². The van der Waals surface area contributed by atoms with Crippen molar-refractivity contribution in [2.45, 2.75) is 19.4 Å². The summed E-state index contributed by atoms with van der Waals surface area (Å²) in [6, 6.07) is 6.11. The van der Waals surface area contributed by atoms with Crippen LogP contribution in [0.1, 0.15) is 34.6 Å². The summed E-state index contributed by atoms with van der Waals surface area (Å²) in [5, 5.41) is 2.74. The first-order chi connectivity index (χ1) is 13.4. The third-order valence-corrected chi connectivity index (χ3v) is 6.90. The van der Waals surface area contributed by atoms with Crippen LogP contribution in [0.15, 0.2) is 34.7 Å². The molecule has 7 nitrogen and oxygen atoms in total. The molecule has 1 N–H and O–H groups in total. The van der Waals surface area contributed by atoms with Crippen LogP contribution in [-0.4, -0.2) is 70.8 Å². The number of Topliss-reactive ketones (excluding diaryl/α,β-unsaturated/α-hetero) is 2. The highest BCUT2D eigenvalue weighted by atomic mass is 35.5. The lowest BCUT2D eigenvalue weighted by Crippen LogP contribution is -2.52. The van der Waals surface area contributed by atoms with Gasteiger partial charge in [-0.25, -0.2) is 4.79 Å². The number of imide groups is 1. The molecule has 0 saturated carbocycles. The molecule has 154 valence electrons. The molecule has 1 aliphatic carbocycles. The number of rotatable bonds is 5. The quantitative estimate of drug-likeness (QED) is 0.713. The second kappa shape index (κ2) is 7.93. The molecule has 29 heavy (non-hydrogen) atoms. The largest absolute Gasteiger partial charge is 0.325 e. The number of allylic oxidation sites excluding steroid dienone is 1. The van der Waals surface area contributed by atoms with E-state index in [1.54, 1.807) is 24.3 Å². The summed E-state index contributed by atoms with van der Waals surface area (Å²) in [5.41, 5.74) is -0.673. The lowest BCUT2D eigenvalue weighted by Gasteiger charge is -2.26. The van der Waals surface area contributed by atoms with E-state index < -0.39 is 17.5 Å². The van der Waals surface area contributed by atoms with Crippen molar-refractivity contribution in [3.8, 4) is 0 Å². The molecule has 1 unspecified atom stereocenters. The SMILES string of the molecule is CCN(CC)CCN1C(=O)NC2(CSC3=C2C(=O)c2ccccc2C3=O)C1=O.Cl. The number of benzene rings is 1. The summed E-state index contributed by atoms with van der Waals surface area (Å²) in [7, 11) is 0. The van der Waals surface area contributed by atoms with Gasteiger partial charge in [-0.2, -0.15) is 0 Å². The van der Waals surface area contributed by atoms with Gasteiger partial charge in [0.05, 0.1) is 10.5 Å². The van der Waals surface area contributed by atoms with Crippen molar-refractivity contribution in [3.05, 3.63) is 45.9 Å². The van der Waals surface area contributed by atoms with E-state index in [0.717, 1.165) is 13.1 Å². The second-order valence-electron chi connectivity index (χ2n) is 7.02. The zero-order valence-electron chi connectivity index (χ0n) is 16.2. The Bertz CT molecular complexity index is 943. The van der Waals surface area contributed by atoms with Crippen LogP contribution in [0.2, 0.25) is 0 Å². The lowest BCUT2D eigenvalue weighted by molar-refractivity contribution is -0.129. The average Bonchev–Trinajstić information content (AvgIpc) is 3.20. The molecule has 1 atom stereocenters. The van der Waals surface area contributed by atoms with Gasteiger partial charge in [0.2, 0.25) is 5.78 Å². The van der Waals surface area contributed by atoms with Crippen LogP contribution in [0.5, 0.6) is 0 Å². The monoisotopic (exact) mass is 435 g/mol. The van der Waals surface area contributed by atoms with E-state index in [2.05, 4.69) is 10.2 Å². The van der Waals surface area contributed by atoms with Gasteiger partial charge in [0.1, 0.15) is 0 Å². The Morgan fingerprint density at radius 2 is 1.69 bits per heavy atom. The van der Waals surface area contributed by atoms with Gasteiger partial charge in [-0.3, -0.25) is 19.3 Å². The van der Waals surface area contributed by atoms with Crippen molar-refractivity contribution in [1.29, 1.82) is 0 Å². The Hall–Kier alpha value is -2.16. The maximum absolute atomic E-state index is 13.3. The molecular formula is C20H22ClN3O4S. The fourth-order valence-electron chi connectivity index (χ4n) is 4.01. The third-order valence-electron chi connectivity index (χ3n) is 5.65. The molecule has 1 spiro atoms. The van der Waals surface area contributed by atoms with Crippen LogP contribution < -0.4 is 5.32 Å². The van der Waals surface area contributed by atoms with Gasteiger partial charge in [-0.05, 0) is 13.1 Å². The van der Waals surface area contributed by atoms with Crippen molar-refractivity contribution < 1.29 is 19.2 Å². The van der Waals surface area contributed by atoms with E-state index in [1.165, 1.54) is 16.7 Å². The number of halogens is 1. The summed E-state index contributed by atoms with van der Waals surface area (Å²) < 4.78 is 0. The van der Waals surface area contributed by atoms with Crippen molar-refractivity contribution in [3.63, 3.8) is 0 Å². The molecule has 0 bridgehead atoms. The predicted octanol–water partition coefficient (Wildman–Crippen LogP) is 2.12. The van der Waals surface area contributed by atoms with E-state index >= 15 is 0 Å². The van der Waals surface area contributed by atoms with Crippen LogP contribution in [-0.2, 0) is 4.79 Å². The number of hydrogen-bond donors (Lipinski definition) is 1. The summed E-state index contributed by atoms with van der Waals surface area (Å²) in [5.74, 6) is -0.886. The van der Waals surface area contributed by atoms with Gasteiger partial charge in [-0.15, -0.1) is 24.2 Å². The van der Waals surface area contributed by atoms with Gasteiger partial charge >= 0.3 is 6.03 Å². The summed E-state index contributed by atoms with van der Waals surface area (Å²) in [4.78, 5) is 55.5. The smallest absolute Gasteiger partial charge is 0.318 e. The number of fused-ring (bicyclic) bond motifs is 2. The number of thioether (sulfide) groups is 1. The molecule has 2 heterocycles. The van der Waals surface area contributed by atoms with Gasteiger partial charge < -0.3 is 10.2 Å². The third kappa shape index (κ3) is 3.10. The minimum Gasteiger partial charge on any atom is -0.318 e. The fraction of sp³-hybridized carbons (Fsp3) is 0.400. The topological polar surface area (TPSA) is 86.8 Å². The molecule has 4 rings (SSSR count). The molecule has 2 aliphatic heterocycles. The molecule has 1 aromatic rings. The summed E-state index contributed by atoms with van der Waals surface area (Å²) in [6.45, 7) is 6.49. The Balaban J connectivity index is 0.00000240. The number of ketones is 2. The second-order valence-corrected chi connectivity index (χ2v) is 8.00. The highest BCUT2D eigenvalue weighted by Crippen LogP contribution is 2.47. The molecule has 1 saturated heterocycles. The van der Waals surface area contributed by atoms with Crippen molar-refractivity contribution in [1.82, 2.24) is 15.1 Å². The van der Waals surface area contributed by atoms with Crippen molar-refractivity contribution in [2.24, 2.45) is 0 Å². The number of amides is 3. The van der Waals surface area contributed by atoms with Gasteiger partial charge in [-0.1, -0.05) is 38.1 Å². The van der Waals surface area contributed by atoms with Crippen LogP contribution in [0.4, 0.5) is 4.79 Å². The Kier molecular flexibility index (Phi) is 5.89. The minimum atomic E-state index is -1.44. The molecule has 3 amide bonds. The first-order valence-corrected chi connectivity index (χ1v) is 10.4. The molecule has 3 aliphatic rings. The Morgan fingerprint density at radius 3 is 2.31 bits per heavy atom. The van der Waals surface area contributed by atoms with E-state index in [1.807, 2.05) is 13.8 Å². The number of hydrogen-bond acceptors (Lipinski definition) is 6. The maximum Gasteiger partial charge on any atom is 0.325 e. The van der Waals surface area contributed by atoms with E-state index in [-0.39, 0.29) is 52.3 Å². The number of urea groups is 1. The lowest BCUT2D eigenvalue weighted by atomic mass is 9.79. The number of carbonyl (C=O) groups excluding carboxylic acids is 4. The molecule has 1 aromatic carbocycles. The van der Waals surface area contributed by atoms with E-state index in [4.69, 9.17) is 0 Å². The highest BCUT2D eigenvalue weighted by molar-refractivity contribution is 8.04. The van der Waals surface area contributed by atoms with Crippen LogP contribution >= 0.6 is 24.2 Å². The molecular weight excluding hydrogens is 414 g/mol. The van der Waals surface area contributed by atoms with Crippen molar-refractivity contribution in [2.75, 3.05) is 31.9 Å². The number of carbonyl (C=O) groups is 4. The highest BCUT2D eigenvalue weighted by Gasteiger charge is 2.61. The number of nitrogens with zero attached hydrogens (tertiary/aromatic N) is 2. The van der Waals surface area contributed by atoms with Gasteiger partial charge in [0.15, 0.2) is 11.3 Å². The number of likely N-dealkylation sites (N-methyl/N-ethyl adjacent to an activating group) is 1. The molecule has 0 aromatic heterocycles.